The molecule has 2 rings (SSSR count). The third kappa shape index (κ3) is 4.50. The summed E-state index contributed by atoms with van der Waals surface area (Å²) in [7, 11) is -3.48. The van der Waals surface area contributed by atoms with Crippen molar-refractivity contribution in [1.82, 2.24) is 19.5 Å². The molecule has 1 aliphatic rings. The van der Waals surface area contributed by atoms with Crippen molar-refractivity contribution >= 4 is 27.3 Å². The lowest BCUT2D eigenvalue weighted by atomic mass is 10.3. The molecule has 1 aromatic heterocycles. The van der Waals surface area contributed by atoms with Crippen LogP contribution in [0.25, 0.3) is 0 Å². The number of carbonyl (C=O) groups excluding carboxylic acids is 1. The normalized spacial score (nSPS) is 17.6. The van der Waals surface area contributed by atoms with Crippen LogP contribution in [0.4, 0.5) is 0 Å². The maximum atomic E-state index is 12.7. The average Bonchev–Trinajstić information content (AvgIpc) is 2.78. The van der Waals surface area contributed by atoms with E-state index in [0.717, 1.165) is 5.01 Å². The van der Waals surface area contributed by atoms with Crippen LogP contribution in [-0.4, -0.2) is 67.3 Å². The Labute approximate surface area is 141 Å². The minimum atomic E-state index is -3.48. The summed E-state index contributed by atoms with van der Waals surface area (Å²) in [4.78, 5) is 18.0. The van der Waals surface area contributed by atoms with E-state index in [1.165, 1.54) is 15.6 Å². The van der Waals surface area contributed by atoms with E-state index in [0.29, 0.717) is 42.6 Å². The lowest BCUT2D eigenvalue weighted by molar-refractivity contribution is -0.123. The van der Waals surface area contributed by atoms with Gasteiger partial charge in [0.25, 0.3) is 10.0 Å². The zero-order chi connectivity index (χ0) is 17.2. The van der Waals surface area contributed by atoms with Crippen LogP contribution in [0.1, 0.15) is 24.5 Å². The highest BCUT2D eigenvalue weighted by atomic mass is 32.2. The Kier molecular flexibility index (Phi) is 5.77. The molecule has 1 amide bonds. The fraction of sp³-hybridized carbons (Fsp3) is 0.714. The number of nitrogens with zero attached hydrogens (tertiary/aromatic N) is 3. The van der Waals surface area contributed by atoms with Gasteiger partial charge in [0.05, 0.1) is 17.2 Å². The molecule has 0 unspecified atom stereocenters. The number of piperazine rings is 1. The highest BCUT2D eigenvalue weighted by Gasteiger charge is 2.31. The number of rotatable bonds is 5. The number of aryl methyl sites for hydroxylation is 2. The summed E-state index contributed by atoms with van der Waals surface area (Å²) in [6.07, 6.45) is 0. The van der Waals surface area contributed by atoms with Crippen LogP contribution in [0, 0.1) is 13.8 Å². The van der Waals surface area contributed by atoms with Crippen molar-refractivity contribution in [3.05, 3.63) is 10.7 Å². The quantitative estimate of drug-likeness (QED) is 0.831. The molecule has 0 radical (unpaired) electrons. The van der Waals surface area contributed by atoms with E-state index < -0.39 is 10.0 Å². The first-order valence-corrected chi connectivity index (χ1v) is 9.91. The maximum Gasteiger partial charge on any atom is 0.254 e. The molecule has 2 heterocycles. The van der Waals surface area contributed by atoms with Crippen LogP contribution >= 0.6 is 11.3 Å². The Morgan fingerprint density at radius 2 is 1.87 bits per heavy atom. The second kappa shape index (κ2) is 7.25. The highest BCUT2D eigenvalue weighted by Crippen LogP contribution is 2.26. The summed E-state index contributed by atoms with van der Waals surface area (Å²) < 4.78 is 27.2. The van der Waals surface area contributed by atoms with Crippen molar-refractivity contribution in [2.75, 3.05) is 32.7 Å². The van der Waals surface area contributed by atoms with Crippen LogP contribution < -0.4 is 5.32 Å². The van der Waals surface area contributed by atoms with Gasteiger partial charge >= 0.3 is 0 Å². The summed E-state index contributed by atoms with van der Waals surface area (Å²) in [6, 6.07) is 0.113. The van der Waals surface area contributed by atoms with Crippen molar-refractivity contribution in [2.24, 2.45) is 0 Å². The van der Waals surface area contributed by atoms with Gasteiger partial charge in [-0.25, -0.2) is 13.4 Å². The predicted octanol–water partition coefficient (Wildman–Crippen LogP) is 0.591. The molecule has 1 aromatic rings. The van der Waals surface area contributed by atoms with E-state index in [2.05, 4.69) is 10.3 Å². The molecular weight excluding hydrogens is 336 g/mol. The summed E-state index contributed by atoms with van der Waals surface area (Å²) in [5.41, 5.74) is 0.561. The predicted molar refractivity (Wildman–Crippen MR) is 90.1 cm³/mol. The smallest absolute Gasteiger partial charge is 0.254 e. The van der Waals surface area contributed by atoms with Gasteiger partial charge in [0.15, 0.2) is 4.21 Å². The number of thiazole rings is 1. The number of aromatic nitrogens is 1. The number of carbonyl (C=O) groups is 1. The second-order valence-corrected chi connectivity index (χ2v) is 9.34. The van der Waals surface area contributed by atoms with Crippen molar-refractivity contribution in [3.63, 3.8) is 0 Å². The first-order chi connectivity index (χ1) is 10.7. The average molecular weight is 361 g/mol. The molecular formula is C14H24N4O3S2. The van der Waals surface area contributed by atoms with Gasteiger partial charge in [-0.3, -0.25) is 9.69 Å². The number of hydrogen-bond acceptors (Lipinski definition) is 6. The molecule has 0 spiro atoms. The fourth-order valence-corrected chi connectivity index (χ4v) is 5.61. The minimum Gasteiger partial charge on any atom is -0.353 e. The Morgan fingerprint density at radius 3 is 2.35 bits per heavy atom. The molecule has 0 bridgehead atoms. The molecule has 130 valence electrons. The first-order valence-electron chi connectivity index (χ1n) is 7.66. The topological polar surface area (TPSA) is 82.6 Å². The Hall–Kier alpha value is -1.03. The number of sulfonamides is 1. The van der Waals surface area contributed by atoms with Crippen LogP contribution in [0.2, 0.25) is 0 Å². The first kappa shape index (κ1) is 18.3. The van der Waals surface area contributed by atoms with Gasteiger partial charge in [-0.15, -0.1) is 11.3 Å². The molecule has 1 fully saturated rings. The van der Waals surface area contributed by atoms with Gasteiger partial charge in [0.2, 0.25) is 5.91 Å². The van der Waals surface area contributed by atoms with Gasteiger partial charge < -0.3 is 5.32 Å². The molecule has 0 aromatic carbocycles. The highest BCUT2D eigenvalue weighted by molar-refractivity contribution is 7.91. The second-order valence-electron chi connectivity index (χ2n) is 6.01. The summed E-state index contributed by atoms with van der Waals surface area (Å²) in [5.74, 6) is -0.0229. The van der Waals surface area contributed by atoms with Gasteiger partial charge in [0.1, 0.15) is 0 Å². The van der Waals surface area contributed by atoms with Crippen LogP contribution in [0.3, 0.4) is 0 Å². The Balaban J connectivity index is 1.96. The molecule has 0 atom stereocenters. The Morgan fingerprint density at radius 1 is 1.26 bits per heavy atom. The molecule has 0 saturated carbocycles. The standard InChI is InChI=1S/C14H24N4O3S2/c1-10(2)15-13(19)9-17-5-7-18(8-6-17)23(20,21)14-11(3)16-12(4)22-14/h10H,5-9H2,1-4H3,(H,15,19). The van der Waals surface area contributed by atoms with Gasteiger partial charge in [0, 0.05) is 32.2 Å². The molecule has 7 nitrogen and oxygen atoms in total. The van der Waals surface area contributed by atoms with Gasteiger partial charge in [-0.05, 0) is 27.7 Å². The van der Waals surface area contributed by atoms with Crippen LogP contribution in [0.15, 0.2) is 4.21 Å². The number of amides is 1. The zero-order valence-electron chi connectivity index (χ0n) is 14.0. The van der Waals surface area contributed by atoms with E-state index in [1.807, 2.05) is 25.7 Å². The lowest BCUT2D eigenvalue weighted by Crippen LogP contribution is -2.51. The molecule has 1 N–H and O–H groups in total. The monoisotopic (exact) mass is 360 g/mol. The third-order valence-electron chi connectivity index (χ3n) is 3.58. The molecule has 9 heteroatoms. The Bertz CT molecular complexity index is 662. The minimum absolute atomic E-state index is 0.0229. The summed E-state index contributed by atoms with van der Waals surface area (Å²) in [5, 5.41) is 3.60. The van der Waals surface area contributed by atoms with E-state index in [4.69, 9.17) is 0 Å². The summed E-state index contributed by atoms with van der Waals surface area (Å²) >= 11 is 1.21. The molecule has 1 aliphatic heterocycles. The van der Waals surface area contributed by atoms with E-state index in [9.17, 15) is 13.2 Å². The summed E-state index contributed by atoms with van der Waals surface area (Å²) in [6.45, 7) is 9.59. The van der Waals surface area contributed by atoms with Gasteiger partial charge in [-0.2, -0.15) is 4.31 Å². The molecule has 1 saturated heterocycles. The van der Waals surface area contributed by atoms with Gasteiger partial charge in [-0.1, -0.05) is 0 Å². The van der Waals surface area contributed by atoms with Crippen LogP contribution in [0.5, 0.6) is 0 Å². The van der Waals surface area contributed by atoms with E-state index >= 15 is 0 Å². The SMILES string of the molecule is Cc1nc(C)c(S(=O)(=O)N2CCN(CC(=O)NC(C)C)CC2)s1. The maximum absolute atomic E-state index is 12.7. The molecule has 23 heavy (non-hydrogen) atoms. The fourth-order valence-electron chi connectivity index (χ4n) is 2.57. The third-order valence-corrected chi connectivity index (χ3v) is 7.14. The molecule has 0 aliphatic carbocycles. The van der Waals surface area contributed by atoms with Crippen molar-refractivity contribution in [1.29, 1.82) is 0 Å². The lowest BCUT2D eigenvalue weighted by Gasteiger charge is -2.33. The number of nitrogens with one attached hydrogen (secondary N) is 1. The van der Waals surface area contributed by atoms with Crippen LogP contribution in [-0.2, 0) is 14.8 Å². The number of hydrogen-bond donors (Lipinski definition) is 1. The zero-order valence-corrected chi connectivity index (χ0v) is 15.6. The van der Waals surface area contributed by atoms with Crippen molar-refractivity contribution in [3.8, 4) is 0 Å². The van der Waals surface area contributed by atoms with Crippen molar-refractivity contribution < 1.29 is 13.2 Å². The largest absolute Gasteiger partial charge is 0.353 e. The van der Waals surface area contributed by atoms with Crippen molar-refractivity contribution in [2.45, 2.75) is 37.9 Å². The van der Waals surface area contributed by atoms with E-state index in [-0.39, 0.29) is 11.9 Å². The van der Waals surface area contributed by atoms with E-state index in [1.54, 1.807) is 6.92 Å².